The molecular formula is C18H20ClN3. The summed E-state index contributed by atoms with van der Waals surface area (Å²) in [5.74, 6) is 5.68. The van der Waals surface area contributed by atoms with Gasteiger partial charge < -0.3 is 11.1 Å². The molecule has 3 nitrogen and oxygen atoms in total. The summed E-state index contributed by atoms with van der Waals surface area (Å²) in [7, 11) is 0. The molecule has 0 spiro atoms. The number of nitrogen functional groups attached to an aromatic ring is 1. The van der Waals surface area contributed by atoms with Gasteiger partial charge in [0.1, 0.15) is 10.8 Å². The van der Waals surface area contributed by atoms with Gasteiger partial charge >= 0.3 is 0 Å². The maximum atomic E-state index is 6.12. The number of benzene rings is 1. The van der Waals surface area contributed by atoms with Crippen molar-refractivity contribution < 1.29 is 0 Å². The number of hydrogen-bond acceptors (Lipinski definition) is 3. The van der Waals surface area contributed by atoms with E-state index < -0.39 is 0 Å². The molecule has 0 bridgehead atoms. The van der Waals surface area contributed by atoms with Crippen LogP contribution in [0.5, 0.6) is 0 Å². The molecule has 3 N–H and O–H groups in total. The van der Waals surface area contributed by atoms with Crippen LogP contribution in [0.15, 0.2) is 24.3 Å². The van der Waals surface area contributed by atoms with Crippen molar-refractivity contribution in [2.75, 3.05) is 11.1 Å². The number of aromatic nitrogens is 1. The van der Waals surface area contributed by atoms with Crippen LogP contribution in [0.2, 0.25) is 5.15 Å². The lowest BCUT2D eigenvalue weighted by atomic mass is 10.00. The summed E-state index contributed by atoms with van der Waals surface area (Å²) in [5, 5.41) is 3.75. The number of nitrogens with two attached hydrogens (primary N) is 1. The van der Waals surface area contributed by atoms with Crippen LogP contribution < -0.4 is 11.1 Å². The van der Waals surface area contributed by atoms with Crippen LogP contribution >= 0.6 is 11.6 Å². The van der Waals surface area contributed by atoms with Gasteiger partial charge in [-0.05, 0) is 42.9 Å². The molecular weight excluding hydrogens is 294 g/mol. The fraction of sp³-hybridized carbons (Fsp3) is 0.278. The van der Waals surface area contributed by atoms with E-state index in [2.05, 4.69) is 54.2 Å². The van der Waals surface area contributed by atoms with Crippen molar-refractivity contribution in [1.29, 1.82) is 0 Å². The summed E-state index contributed by atoms with van der Waals surface area (Å²) in [6.07, 6.45) is 0.998. The van der Waals surface area contributed by atoms with Crippen LogP contribution in [-0.2, 0) is 13.0 Å². The van der Waals surface area contributed by atoms with Gasteiger partial charge in [-0.1, -0.05) is 42.6 Å². The fourth-order valence-corrected chi connectivity index (χ4v) is 2.61. The Hall–Kier alpha value is -2.18. The predicted octanol–water partition coefficient (Wildman–Crippen LogP) is 4.17. The number of rotatable bonds is 4. The molecule has 2 rings (SSSR count). The zero-order valence-corrected chi connectivity index (χ0v) is 13.9. The van der Waals surface area contributed by atoms with E-state index in [-0.39, 0.29) is 0 Å². The largest absolute Gasteiger partial charge is 0.395 e. The smallest absolute Gasteiger partial charge is 0.139 e. The van der Waals surface area contributed by atoms with Crippen LogP contribution in [0.3, 0.4) is 0 Å². The molecule has 1 aromatic carbocycles. The van der Waals surface area contributed by atoms with Gasteiger partial charge in [0.15, 0.2) is 0 Å². The molecule has 114 valence electrons. The molecule has 0 aliphatic rings. The average molecular weight is 314 g/mol. The van der Waals surface area contributed by atoms with Gasteiger partial charge in [0, 0.05) is 12.6 Å². The van der Waals surface area contributed by atoms with Crippen molar-refractivity contribution >= 4 is 23.0 Å². The number of pyridine rings is 1. The lowest BCUT2D eigenvalue weighted by molar-refractivity contribution is 1.02. The van der Waals surface area contributed by atoms with Crippen molar-refractivity contribution in [2.45, 2.75) is 33.7 Å². The maximum absolute atomic E-state index is 6.12. The molecule has 0 fully saturated rings. The summed E-state index contributed by atoms with van der Waals surface area (Å²) < 4.78 is 0. The molecule has 0 saturated heterocycles. The van der Waals surface area contributed by atoms with Gasteiger partial charge in [0.2, 0.25) is 0 Å². The quantitative estimate of drug-likeness (QED) is 0.658. The van der Waals surface area contributed by atoms with E-state index in [1.807, 2.05) is 0 Å². The number of nitrogens with one attached hydrogen (secondary N) is 1. The molecule has 1 heterocycles. The Morgan fingerprint density at radius 1 is 1.36 bits per heavy atom. The highest BCUT2D eigenvalue weighted by molar-refractivity contribution is 6.29. The third-order valence-electron chi connectivity index (χ3n) is 3.61. The highest BCUT2D eigenvalue weighted by Gasteiger charge is 2.09. The molecule has 2 aromatic rings. The van der Waals surface area contributed by atoms with Gasteiger partial charge in [-0.2, -0.15) is 0 Å². The molecule has 0 aliphatic carbocycles. The molecule has 0 unspecified atom stereocenters. The van der Waals surface area contributed by atoms with Crippen LogP contribution in [0, 0.1) is 18.8 Å². The van der Waals surface area contributed by atoms with Crippen molar-refractivity contribution in [1.82, 2.24) is 4.98 Å². The summed E-state index contributed by atoms with van der Waals surface area (Å²) in [5.41, 5.74) is 11.8. The molecule has 0 atom stereocenters. The van der Waals surface area contributed by atoms with Gasteiger partial charge in [0.05, 0.1) is 11.4 Å². The number of anilines is 2. The Morgan fingerprint density at radius 3 is 2.82 bits per heavy atom. The van der Waals surface area contributed by atoms with Gasteiger partial charge in [0.25, 0.3) is 0 Å². The van der Waals surface area contributed by atoms with Crippen LogP contribution in [-0.4, -0.2) is 4.98 Å². The Bertz CT molecular complexity index is 742. The van der Waals surface area contributed by atoms with E-state index in [0.29, 0.717) is 23.1 Å². The van der Waals surface area contributed by atoms with Crippen LogP contribution in [0.25, 0.3) is 0 Å². The highest BCUT2D eigenvalue weighted by Crippen LogP contribution is 2.26. The second-order valence-electron chi connectivity index (χ2n) is 5.05. The maximum Gasteiger partial charge on any atom is 0.139 e. The summed E-state index contributed by atoms with van der Waals surface area (Å²) >= 11 is 6.05. The Balaban J connectivity index is 2.31. The molecule has 1 aromatic heterocycles. The van der Waals surface area contributed by atoms with Gasteiger partial charge in [-0.25, -0.2) is 4.98 Å². The Morgan fingerprint density at radius 2 is 2.14 bits per heavy atom. The third-order valence-corrected chi connectivity index (χ3v) is 3.81. The number of hydrogen-bond donors (Lipinski definition) is 2. The minimum atomic E-state index is 0.384. The van der Waals surface area contributed by atoms with Crippen molar-refractivity contribution in [3.05, 3.63) is 51.8 Å². The number of halogens is 1. The monoisotopic (exact) mass is 313 g/mol. The zero-order chi connectivity index (χ0) is 16.1. The number of nitrogens with zero attached hydrogens (tertiary/aromatic N) is 1. The lowest BCUT2D eigenvalue weighted by Crippen LogP contribution is -2.08. The van der Waals surface area contributed by atoms with Gasteiger partial charge in [-0.3, -0.25) is 0 Å². The second-order valence-corrected chi connectivity index (χ2v) is 5.44. The average Bonchev–Trinajstić information content (AvgIpc) is 2.50. The fourth-order valence-electron chi connectivity index (χ4n) is 2.41. The first-order valence-electron chi connectivity index (χ1n) is 7.26. The standard InChI is InChI=1S/C18H20ClN3/c1-4-7-15-18(20)16(10-17(19)22-15)21-11-14-12(3)8-6-9-13(14)5-2/h6,8-10H,5,11,20H2,1-3H3,(H,21,22). The zero-order valence-electron chi connectivity index (χ0n) is 13.1. The topological polar surface area (TPSA) is 50.9 Å². The second kappa shape index (κ2) is 7.20. The predicted molar refractivity (Wildman–Crippen MR) is 94.1 cm³/mol. The van der Waals surface area contributed by atoms with E-state index >= 15 is 0 Å². The van der Waals surface area contributed by atoms with Crippen molar-refractivity contribution in [3.63, 3.8) is 0 Å². The molecule has 0 aliphatic heterocycles. The van der Waals surface area contributed by atoms with E-state index in [1.165, 1.54) is 16.7 Å². The number of aryl methyl sites for hydroxylation is 2. The summed E-state index contributed by atoms with van der Waals surface area (Å²) in [6.45, 7) is 6.72. The first-order chi connectivity index (χ1) is 10.6. The first-order valence-corrected chi connectivity index (χ1v) is 7.64. The summed E-state index contributed by atoms with van der Waals surface area (Å²) in [4.78, 5) is 4.16. The van der Waals surface area contributed by atoms with Gasteiger partial charge in [-0.15, -0.1) is 0 Å². The third kappa shape index (κ3) is 3.52. The molecule has 22 heavy (non-hydrogen) atoms. The van der Waals surface area contributed by atoms with E-state index in [9.17, 15) is 0 Å². The normalized spacial score (nSPS) is 10.0. The molecule has 0 saturated carbocycles. The minimum Gasteiger partial charge on any atom is -0.395 e. The van der Waals surface area contributed by atoms with E-state index in [4.69, 9.17) is 17.3 Å². The molecule has 0 amide bonds. The van der Waals surface area contributed by atoms with Crippen LogP contribution in [0.4, 0.5) is 11.4 Å². The summed E-state index contributed by atoms with van der Waals surface area (Å²) in [6, 6.07) is 8.10. The minimum absolute atomic E-state index is 0.384. The Labute approximate surface area is 136 Å². The lowest BCUT2D eigenvalue weighted by Gasteiger charge is -2.15. The first kappa shape index (κ1) is 16.2. The van der Waals surface area contributed by atoms with Crippen molar-refractivity contribution in [2.24, 2.45) is 0 Å². The molecule has 0 radical (unpaired) electrons. The molecule has 4 heteroatoms. The van der Waals surface area contributed by atoms with Crippen LogP contribution in [0.1, 0.15) is 36.2 Å². The Kier molecular flexibility index (Phi) is 5.30. The van der Waals surface area contributed by atoms with Crippen molar-refractivity contribution in [3.8, 4) is 11.8 Å². The highest BCUT2D eigenvalue weighted by atomic mass is 35.5. The SMILES string of the molecule is CC#Cc1nc(Cl)cc(NCc2c(C)cccc2CC)c1N. The van der Waals surface area contributed by atoms with E-state index in [0.717, 1.165) is 12.1 Å². The van der Waals surface area contributed by atoms with E-state index in [1.54, 1.807) is 13.0 Å².